The smallest absolute Gasteiger partial charge is 0.246 e. The van der Waals surface area contributed by atoms with Crippen molar-refractivity contribution in [1.29, 1.82) is 0 Å². The Balaban J connectivity index is 1.75. The fraction of sp³-hybridized carbons (Fsp3) is 0.389. The van der Waals surface area contributed by atoms with Gasteiger partial charge in [-0.2, -0.15) is 4.98 Å². The van der Waals surface area contributed by atoms with Crippen LogP contribution in [0.5, 0.6) is 0 Å². The molecule has 0 saturated carbocycles. The standard InChI is InChI=1S/C18H20FN3O2/c1-12(2)9-16(23)22-8-4-6-14(11-22)18-20-17(21-24-18)13-5-3-7-15(19)10-13/h3,5,7,9-10,14H,4,6,8,11H2,1-2H3. The summed E-state index contributed by atoms with van der Waals surface area (Å²) in [6, 6.07) is 6.10. The number of rotatable bonds is 3. The molecular formula is C18H20FN3O2. The molecular weight excluding hydrogens is 309 g/mol. The van der Waals surface area contributed by atoms with E-state index in [0.717, 1.165) is 25.0 Å². The highest BCUT2D eigenvalue weighted by Crippen LogP contribution is 2.28. The van der Waals surface area contributed by atoms with Crippen LogP contribution in [0, 0.1) is 5.82 Å². The van der Waals surface area contributed by atoms with Crippen molar-refractivity contribution in [2.75, 3.05) is 13.1 Å². The van der Waals surface area contributed by atoms with Crippen LogP contribution in [0.15, 0.2) is 40.4 Å². The van der Waals surface area contributed by atoms with Gasteiger partial charge in [-0.25, -0.2) is 4.39 Å². The Kier molecular flexibility index (Phi) is 4.74. The van der Waals surface area contributed by atoms with Crippen LogP contribution < -0.4 is 0 Å². The Morgan fingerprint density at radius 3 is 3.00 bits per heavy atom. The summed E-state index contributed by atoms with van der Waals surface area (Å²) >= 11 is 0. The number of nitrogens with zero attached hydrogens (tertiary/aromatic N) is 3. The van der Waals surface area contributed by atoms with Gasteiger partial charge in [0.15, 0.2) is 0 Å². The van der Waals surface area contributed by atoms with Crippen molar-refractivity contribution >= 4 is 5.91 Å². The first-order valence-electron chi connectivity index (χ1n) is 8.06. The lowest BCUT2D eigenvalue weighted by atomic mass is 9.97. The Morgan fingerprint density at radius 2 is 2.25 bits per heavy atom. The molecule has 126 valence electrons. The fourth-order valence-corrected chi connectivity index (χ4v) is 2.86. The Bertz CT molecular complexity index is 765. The van der Waals surface area contributed by atoms with E-state index in [1.54, 1.807) is 18.2 Å². The van der Waals surface area contributed by atoms with Crippen molar-refractivity contribution in [3.8, 4) is 11.4 Å². The van der Waals surface area contributed by atoms with Crippen LogP contribution in [-0.4, -0.2) is 34.0 Å². The van der Waals surface area contributed by atoms with Crippen LogP contribution in [0.4, 0.5) is 4.39 Å². The van der Waals surface area contributed by atoms with Gasteiger partial charge in [-0.05, 0) is 38.8 Å². The Morgan fingerprint density at radius 1 is 1.42 bits per heavy atom. The average Bonchev–Trinajstić information content (AvgIpc) is 3.04. The van der Waals surface area contributed by atoms with Gasteiger partial charge in [-0.1, -0.05) is 22.9 Å². The number of piperidine rings is 1. The highest BCUT2D eigenvalue weighted by molar-refractivity contribution is 5.88. The van der Waals surface area contributed by atoms with Crippen LogP contribution in [-0.2, 0) is 4.79 Å². The third kappa shape index (κ3) is 3.69. The molecule has 0 bridgehead atoms. The number of likely N-dealkylation sites (tertiary alicyclic amines) is 1. The molecule has 6 heteroatoms. The van der Waals surface area contributed by atoms with E-state index in [-0.39, 0.29) is 17.6 Å². The lowest BCUT2D eigenvalue weighted by Crippen LogP contribution is -2.38. The van der Waals surface area contributed by atoms with E-state index in [1.165, 1.54) is 12.1 Å². The van der Waals surface area contributed by atoms with Gasteiger partial charge >= 0.3 is 0 Å². The second-order valence-corrected chi connectivity index (χ2v) is 6.31. The summed E-state index contributed by atoms with van der Waals surface area (Å²) in [6.45, 7) is 5.11. The Labute approximate surface area is 140 Å². The van der Waals surface area contributed by atoms with E-state index in [4.69, 9.17) is 4.52 Å². The molecule has 1 aromatic heterocycles. The van der Waals surface area contributed by atoms with Gasteiger partial charge in [0.05, 0.1) is 5.92 Å². The number of amides is 1. The molecule has 0 N–H and O–H groups in total. The van der Waals surface area contributed by atoms with Crippen LogP contribution in [0.25, 0.3) is 11.4 Å². The third-order valence-electron chi connectivity index (χ3n) is 4.02. The number of halogens is 1. The summed E-state index contributed by atoms with van der Waals surface area (Å²) in [5, 5.41) is 3.95. The maximum Gasteiger partial charge on any atom is 0.246 e. The van der Waals surface area contributed by atoms with Gasteiger partial charge in [-0.15, -0.1) is 0 Å². The maximum absolute atomic E-state index is 13.3. The minimum Gasteiger partial charge on any atom is -0.339 e. The van der Waals surface area contributed by atoms with E-state index < -0.39 is 0 Å². The Hall–Kier alpha value is -2.50. The number of hydrogen-bond acceptors (Lipinski definition) is 4. The molecule has 1 fully saturated rings. The minimum atomic E-state index is -0.338. The average molecular weight is 329 g/mol. The quantitative estimate of drug-likeness (QED) is 0.808. The molecule has 5 nitrogen and oxygen atoms in total. The number of aromatic nitrogens is 2. The molecule has 2 heterocycles. The first kappa shape index (κ1) is 16.4. The molecule has 1 aliphatic heterocycles. The molecule has 1 atom stereocenters. The summed E-state index contributed by atoms with van der Waals surface area (Å²) in [5.74, 6) is 0.573. The monoisotopic (exact) mass is 329 g/mol. The van der Waals surface area contributed by atoms with E-state index in [0.29, 0.717) is 23.8 Å². The molecule has 1 aromatic carbocycles. The fourth-order valence-electron chi connectivity index (χ4n) is 2.86. The van der Waals surface area contributed by atoms with Crippen molar-refractivity contribution in [2.45, 2.75) is 32.6 Å². The van der Waals surface area contributed by atoms with Crippen molar-refractivity contribution in [1.82, 2.24) is 15.0 Å². The second-order valence-electron chi connectivity index (χ2n) is 6.31. The molecule has 1 aliphatic rings. The zero-order valence-corrected chi connectivity index (χ0v) is 13.8. The van der Waals surface area contributed by atoms with Gasteiger partial charge in [-0.3, -0.25) is 4.79 Å². The van der Waals surface area contributed by atoms with E-state index in [9.17, 15) is 9.18 Å². The minimum absolute atomic E-state index is 0.0167. The molecule has 1 saturated heterocycles. The van der Waals surface area contributed by atoms with Crippen molar-refractivity contribution < 1.29 is 13.7 Å². The summed E-state index contributed by atoms with van der Waals surface area (Å²) in [6.07, 6.45) is 3.43. The predicted octanol–water partition coefficient (Wildman–Crippen LogP) is 3.55. The molecule has 1 amide bonds. The highest BCUT2D eigenvalue weighted by atomic mass is 19.1. The van der Waals surface area contributed by atoms with Crippen molar-refractivity contribution in [3.05, 3.63) is 47.6 Å². The molecule has 0 radical (unpaired) electrons. The molecule has 0 aliphatic carbocycles. The van der Waals surface area contributed by atoms with Gasteiger partial charge in [0, 0.05) is 24.7 Å². The third-order valence-corrected chi connectivity index (χ3v) is 4.02. The van der Waals surface area contributed by atoms with Gasteiger partial charge < -0.3 is 9.42 Å². The van der Waals surface area contributed by atoms with Crippen LogP contribution in [0.1, 0.15) is 38.5 Å². The highest BCUT2D eigenvalue weighted by Gasteiger charge is 2.28. The van der Waals surface area contributed by atoms with Crippen LogP contribution >= 0.6 is 0 Å². The van der Waals surface area contributed by atoms with Gasteiger partial charge in [0.25, 0.3) is 0 Å². The van der Waals surface area contributed by atoms with E-state index in [1.807, 2.05) is 18.7 Å². The number of carbonyl (C=O) groups is 1. The first-order chi connectivity index (χ1) is 11.5. The molecule has 0 spiro atoms. The lowest BCUT2D eigenvalue weighted by Gasteiger charge is -2.30. The van der Waals surface area contributed by atoms with Gasteiger partial charge in [0.2, 0.25) is 17.6 Å². The largest absolute Gasteiger partial charge is 0.339 e. The second kappa shape index (κ2) is 6.95. The topological polar surface area (TPSA) is 59.2 Å². The number of allylic oxidation sites excluding steroid dienone is 1. The van der Waals surface area contributed by atoms with Crippen molar-refractivity contribution in [3.63, 3.8) is 0 Å². The molecule has 2 aromatic rings. The summed E-state index contributed by atoms with van der Waals surface area (Å²) in [4.78, 5) is 18.4. The van der Waals surface area contributed by atoms with E-state index in [2.05, 4.69) is 10.1 Å². The van der Waals surface area contributed by atoms with Crippen LogP contribution in [0.2, 0.25) is 0 Å². The normalized spacial score (nSPS) is 17.6. The molecule has 24 heavy (non-hydrogen) atoms. The first-order valence-corrected chi connectivity index (χ1v) is 8.06. The van der Waals surface area contributed by atoms with Crippen LogP contribution in [0.3, 0.4) is 0 Å². The molecule has 1 unspecified atom stereocenters. The summed E-state index contributed by atoms with van der Waals surface area (Å²) in [7, 11) is 0. The maximum atomic E-state index is 13.3. The number of carbonyl (C=O) groups excluding carboxylic acids is 1. The van der Waals surface area contributed by atoms with E-state index >= 15 is 0 Å². The number of benzene rings is 1. The molecule has 3 rings (SSSR count). The zero-order chi connectivity index (χ0) is 17.1. The SMILES string of the molecule is CC(C)=CC(=O)N1CCCC(c2nc(-c3cccc(F)c3)no2)C1. The summed E-state index contributed by atoms with van der Waals surface area (Å²) < 4.78 is 18.7. The van der Waals surface area contributed by atoms with Crippen molar-refractivity contribution in [2.24, 2.45) is 0 Å². The lowest BCUT2D eigenvalue weighted by molar-refractivity contribution is -0.127. The zero-order valence-electron chi connectivity index (χ0n) is 13.8. The predicted molar refractivity (Wildman–Crippen MR) is 87.7 cm³/mol. The van der Waals surface area contributed by atoms with Gasteiger partial charge in [0.1, 0.15) is 5.82 Å². The summed E-state index contributed by atoms with van der Waals surface area (Å²) in [5.41, 5.74) is 1.56. The number of hydrogen-bond donors (Lipinski definition) is 0.